The first-order valence-electron chi connectivity index (χ1n) is 18.2. The number of alkyl halides is 1. The maximum absolute atomic E-state index is 12.7. The van der Waals surface area contributed by atoms with Gasteiger partial charge in [0.05, 0.1) is 59.1 Å². The van der Waals surface area contributed by atoms with Gasteiger partial charge in [0.2, 0.25) is 17.7 Å². The van der Waals surface area contributed by atoms with Crippen LogP contribution in [0.2, 0.25) is 0 Å². The minimum Gasteiger partial charge on any atom is -0.464 e. The molecule has 0 saturated heterocycles. The lowest BCUT2D eigenvalue weighted by Crippen LogP contribution is -2.48. The van der Waals surface area contributed by atoms with Gasteiger partial charge in [0.15, 0.2) is 0 Å². The molecular weight excluding hydrogens is 819 g/mol. The molecule has 0 radical (unpaired) electrons. The summed E-state index contributed by atoms with van der Waals surface area (Å²) < 4.78 is 33.8. The lowest BCUT2D eigenvalue weighted by molar-refractivity contribution is -0.177. The first kappa shape index (κ1) is 51.4. The first-order valence-corrected chi connectivity index (χ1v) is 19.8. The van der Waals surface area contributed by atoms with Crippen LogP contribution in [0.25, 0.3) is 0 Å². The highest BCUT2D eigenvalue weighted by atomic mass is 127. The van der Waals surface area contributed by atoms with E-state index in [0.29, 0.717) is 6.42 Å². The Balaban J connectivity index is 4.90. The summed E-state index contributed by atoms with van der Waals surface area (Å²) in [6.45, 7) is 16.0. The molecule has 0 aliphatic rings. The van der Waals surface area contributed by atoms with E-state index in [2.05, 4.69) is 16.0 Å². The zero-order valence-corrected chi connectivity index (χ0v) is 36.6. The van der Waals surface area contributed by atoms with Gasteiger partial charge in [-0.1, -0.05) is 22.6 Å². The van der Waals surface area contributed by atoms with Crippen LogP contribution in [0.4, 0.5) is 0 Å². The monoisotopic (exact) mass is 886 g/mol. The molecule has 16 nitrogen and oxygen atoms in total. The number of amides is 3. The Morgan fingerprint density at radius 2 is 1.06 bits per heavy atom. The number of nitrogens with zero attached hydrogens (tertiary/aromatic N) is 1. The zero-order chi connectivity index (χ0) is 41.6. The third-order valence-electron chi connectivity index (χ3n) is 7.36. The maximum atomic E-state index is 12.7. The quantitative estimate of drug-likeness (QED) is 0.0377. The van der Waals surface area contributed by atoms with Gasteiger partial charge in [-0.25, -0.2) is 0 Å². The molecule has 1 unspecified atom stereocenters. The smallest absolute Gasteiger partial charge is 0.311 e. The minimum absolute atomic E-state index is 0.192. The molecule has 17 heteroatoms. The molecule has 0 saturated carbocycles. The lowest BCUT2D eigenvalue weighted by atomic mass is 9.90. The van der Waals surface area contributed by atoms with Crippen molar-refractivity contribution in [1.29, 1.82) is 0 Å². The fourth-order valence-corrected chi connectivity index (χ4v) is 4.25. The van der Waals surface area contributed by atoms with E-state index < -0.39 is 51.5 Å². The molecule has 0 aromatic carbocycles. The minimum atomic E-state index is -1.30. The number of carbonyl (C=O) groups excluding carboxylic acids is 6. The normalized spacial score (nSPS) is 12.8. The fraction of sp³-hybridized carbons (Fsp3) is 0.838. The number of halogens is 1. The first-order chi connectivity index (χ1) is 24.9. The van der Waals surface area contributed by atoms with Crippen LogP contribution in [0.3, 0.4) is 0 Å². The van der Waals surface area contributed by atoms with E-state index in [0.717, 1.165) is 13.0 Å². The Hall–Kier alpha value is -2.61. The highest BCUT2D eigenvalue weighted by Gasteiger charge is 2.40. The Labute approximate surface area is 335 Å². The van der Waals surface area contributed by atoms with Crippen molar-refractivity contribution in [3.8, 4) is 0 Å². The van der Waals surface area contributed by atoms with Gasteiger partial charge in [-0.3, -0.25) is 28.8 Å². The Kier molecular flexibility index (Phi) is 24.3. The summed E-state index contributed by atoms with van der Waals surface area (Å²) in [5.74, 6) is -2.44. The predicted octanol–water partition coefficient (Wildman–Crippen LogP) is 2.28. The van der Waals surface area contributed by atoms with E-state index in [1.807, 2.05) is 41.6 Å². The van der Waals surface area contributed by atoms with Crippen molar-refractivity contribution in [2.75, 3.05) is 97.6 Å². The van der Waals surface area contributed by atoms with Gasteiger partial charge in [-0.15, -0.1) is 0 Å². The highest BCUT2D eigenvalue weighted by molar-refractivity contribution is 14.1. The van der Waals surface area contributed by atoms with Crippen molar-refractivity contribution in [3.05, 3.63) is 0 Å². The number of ether oxygens (including phenoxy) is 6. The summed E-state index contributed by atoms with van der Waals surface area (Å²) in [5.41, 5.74) is -3.78. The average molecular weight is 887 g/mol. The second-order valence-corrected chi connectivity index (χ2v) is 17.3. The summed E-state index contributed by atoms with van der Waals surface area (Å²) in [4.78, 5) is 77.1. The van der Waals surface area contributed by atoms with Crippen molar-refractivity contribution in [3.63, 3.8) is 0 Å². The molecule has 0 bridgehead atoms. The number of hydrogen-bond acceptors (Lipinski definition) is 13. The van der Waals surface area contributed by atoms with E-state index in [-0.39, 0.29) is 88.8 Å². The van der Waals surface area contributed by atoms with E-state index in [1.54, 1.807) is 62.3 Å². The highest BCUT2D eigenvalue weighted by Crippen LogP contribution is 2.27. The van der Waals surface area contributed by atoms with Crippen molar-refractivity contribution in [2.24, 2.45) is 21.7 Å². The van der Waals surface area contributed by atoms with Crippen LogP contribution >= 0.6 is 22.6 Å². The second-order valence-electron chi connectivity index (χ2n) is 16.5. The molecular formula is C37H67IN4O12. The molecule has 0 fully saturated rings. The summed E-state index contributed by atoms with van der Waals surface area (Å²) in [6.07, 6.45) is 1.29. The van der Waals surface area contributed by atoms with E-state index in [9.17, 15) is 28.8 Å². The van der Waals surface area contributed by atoms with Crippen molar-refractivity contribution in [1.82, 2.24) is 20.9 Å². The van der Waals surface area contributed by atoms with Gasteiger partial charge in [0.1, 0.15) is 32.5 Å². The van der Waals surface area contributed by atoms with Gasteiger partial charge in [-0.05, 0) is 95.8 Å². The van der Waals surface area contributed by atoms with Gasteiger partial charge in [-0.2, -0.15) is 0 Å². The molecule has 0 aromatic rings. The largest absolute Gasteiger partial charge is 0.464 e. The molecule has 0 rings (SSSR count). The standard InChI is InChI=1S/C37H67IN4O12/c1-34(2,3)31(46)52-24-37(25-53-32(47)35(4,5)6,26-54-33(48)36(7,8)9)23-51-22-29(44)39-14-17-49-19-20-50-18-15-40-30(45)27(41-28(43)21-38)13-12-16-42(10)11/h27H,12-26H2,1-11H3,(H,39,44)(H,40,45)(H,41,43). The van der Waals surface area contributed by atoms with Gasteiger partial charge < -0.3 is 49.3 Å². The van der Waals surface area contributed by atoms with Gasteiger partial charge >= 0.3 is 17.9 Å². The number of carbonyl (C=O) groups is 6. The topological polar surface area (TPSA) is 197 Å². The van der Waals surface area contributed by atoms with E-state index >= 15 is 0 Å². The Bertz CT molecular complexity index is 1100. The van der Waals surface area contributed by atoms with Crippen LogP contribution in [0, 0.1) is 21.7 Å². The molecule has 54 heavy (non-hydrogen) atoms. The van der Waals surface area contributed by atoms with Crippen molar-refractivity contribution in [2.45, 2.75) is 81.2 Å². The average Bonchev–Trinajstić information content (AvgIpc) is 3.06. The maximum Gasteiger partial charge on any atom is 0.311 e. The lowest BCUT2D eigenvalue weighted by Gasteiger charge is -2.34. The van der Waals surface area contributed by atoms with Crippen molar-refractivity contribution >= 4 is 58.2 Å². The summed E-state index contributed by atoms with van der Waals surface area (Å²) in [7, 11) is 3.90. The summed E-state index contributed by atoms with van der Waals surface area (Å²) in [5, 5.41) is 8.24. The third-order valence-corrected chi connectivity index (χ3v) is 8.06. The summed E-state index contributed by atoms with van der Waals surface area (Å²) in [6, 6.07) is -0.604. The molecule has 0 heterocycles. The molecule has 0 aliphatic heterocycles. The van der Waals surface area contributed by atoms with Crippen LogP contribution in [0.15, 0.2) is 0 Å². The van der Waals surface area contributed by atoms with Gasteiger partial charge in [0.25, 0.3) is 0 Å². The van der Waals surface area contributed by atoms with E-state index in [4.69, 9.17) is 28.4 Å². The number of esters is 3. The molecule has 3 N–H and O–H groups in total. The third kappa shape index (κ3) is 24.0. The van der Waals surface area contributed by atoms with Crippen molar-refractivity contribution < 1.29 is 57.2 Å². The molecule has 314 valence electrons. The molecule has 0 aromatic heterocycles. The molecule has 0 aliphatic carbocycles. The number of nitrogens with one attached hydrogen (secondary N) is 3. The predicted molar refractivity (Wildman–Crippen MR) is 211 cm³/mol. The molecule has 3 amide bonds. The SMILES string of the molecule is CN(C)CCCC(NC(=O)CI)C(=O)NCCOCCOCCNC(=O)COCC(COC(=O)C(C)(C)C)(COC(=O)C(C)(C)C)COC(=O)C(C)(C)C. The summed E-state index contributed by atoms with van der Waals surface area (Å²) >= 11 is 1.95. The number of hydrogen-bond donors (Lipinski definition) is 3. The Morgan fingerprint density at radius 3 is 1.46 bits per heavy atom. The van der Waals surface area contributed by atoms with Crippen LogP contribution in [-0.4, -0.2) is 144 Å². The van der Waals surface area contributed by atoms with Crippen LogP contribution in [0.1, 0.15) is 75.2 Å². The van der Waals surface area contributed by atoms with E-state index in [1.165, 1.54) is 0 Å². The molecule has 0 spiro atoms. The van der Waals surface area contributed by atoms with Crippen LogP contribution < -0.4 is 16.0 Å². The van der Waals surface area contributed by atoms with Crippen LogP contribution in [-0.2, 0) is 57.2 Å². The van der Waals surface area contributed by atoms with Gasteiger partial charge in [0, 0.05) is 13.1 Å². The number of rotatable bonds is 26. The molecule has 1 atom stereocenters. The second kappa shape index (κ2) is 25.5. The zero-order valence-electron chi connectivity index (χ0n) is 34.4. The fourth-order valence-electron chi connectivity index (χ4n) is 4.03. The Morgan fingerprint density at radius 1 is 0.611 bits per heavy atom. The van der Waals surface area contributed by atoms with Crippen LogP contribution in [0.5, 0.6) is 0 Å².